The van der Waals surface area contributed by atoms with Gasteiger partial charge in [0.2, 0.25) is 0 Å². The van der Waals surface area contributed by atoms with E-state index in [-0.39, 0.29) is 0 Å². The Kier molecular flexibility index (Phi) is 11.0. The summed E-state index contributed by atoms with van der Waals surface area (Å²) < 4.78 is 18.0. The van der Waals surface area contributed by atoms with Crippen molar-refractivity contribution in [2.24, 2.45) is 0 Å². The molecule has 0 unspecified atom stereocenters. The number of aromatic nitrogens is 6. The van der Waals surface area contributed by atoms with Crippen LogP contribution in [0.2, 0.25) is 0 Å². The topological polar surface area (TPSA) is 92.8 Å². The summed E-state index contributed by atoms with van der Waals surface area (Å²) in [4.78, 5) is 27.8. The van der Waals surface area contributed by atoms with Crippen molar-refractivity contribution in [1.29, 1.82) is 0 Å². The monoisotopic (exact) mass is 920 g/mol. The third-order valence-corrected chi connectivity index (χ3v) is 12.8. The van der Waals surface area contributed by atoms with Crippen molar-refractivity contribution < 1.29 is 9.47 Å². The van der Waals surface area contributed by atoms with E-state index in [1.807, 2.05) is 138 Å². The van der Waals surface area contributed by atoms with Crippen molar-refractivity contribution in [3.8, 4) is 57.1 Å². The van der Waals surface area contributed by atoms with Crippen LogP contribution in [0.1, 0.15) is 0 Å². The highest BCUT2D eigenvalue weighted by Crippen LogP contribution is 2.44. The largest absolute Gasteiger partial charge is 0.455 e. The van der Waals surface area contributed by atoms with Gasteiger partial charge in [-0.25, -0.2) is 9.97 Å². The molecule has 6 aromatic carbocycles. The first-order valence-electron chi connectivity index (χ1n) is 23.1. The van der Waals surface area contributed by atoms with Crippen molar-refractivity contribution in [3.05, 3.63) is 170 Å². The van der Waals surface area contributed by atoms with Crippen LogP contribution in [0.4, 0.5) is 22.7 Å². The zero-order chi connectivity index (χ0) is 48.2. The molecule has 11 rings (SSSR count). The van der Waals surface area contributed by atoms with Crippen molar-refractivity contribution in [3.63, 3.8) is 0 Å². The van der Waals surface area contributed by atoms with Crippen LogP contribution >= 0.6 is 0 Å². The van der Waals surface area contributed by atoms with E-state index in [2.05, 4.69) is 118 Å². The van der Waals surface area contributed by atoms with Crippen LogP contribution in [-0.2, 0) is 0 Å². The van der Waals surface area contributed by atoms with E-state index < -0.39 is 0 Å². The van der Waals surface area contributed by atoms with Crippen LogP contribution in [0.3, 0.4) is 0 Å². The molecule has 70 heavy (non-hydrogen) atoms. The lowest BCUT2D eigenvalue weighted by Gasteiger charge is -2.19. The Balaban J connectivity index is 0.899. The first kappa shape index (κ1) is 43.7. The van der Waals surface area contributed by atoms with E-state index in [0.29, 0.717) is 11.5 Å². The lowest BCUT2D eigenvalue weighted by Crippen LogP contribution is -2.10. The minimum atomic E-state index is 0.681. The molecule has 0 aliphatic heterocycles. The average Bonchev–Trinajstić information content (AvgIpc) is 3.87. The Hall–Kier alpha value is -8.90. The number of hydrogen-bond acceptors (Lipinski definition) is 10. The SMILES string of the molecule is CN(C)c1ccc2c(c1)c1cc(N(C)C)c(Oc3cccc(-c4cnc(-c5cccc(Oc6cc7c(cc6N(C)C)c6cc(N(C)C)ccc6n7-c6ccccn6)c5)cn4)c3)cc1n2-c1ccccn1. The molecule has 5 heterocycles. The van der Waals surface area contributed by atoms with Crippen LogP contribution < -0.4 is 29.1 Å². The zero-order valence-corrected chi connectivity index (χ0v) is 40.5. The molecule has 0 radical (unpaired) electrons. The highest BCUT2D eigenvalue weighted by atomic mass is 16.5. The lowest BCUT2D eigenvalue weighted by molar-refractivity contribution is 0.483. The molecule has 0 bridgehead atoms. The Bertz CT molecular complexity index is 3490. The number of fused-ring (bicyclic) bond motifs is 6. The number of rotatable bonds is 12. The second kappa shape index (κ2) is 17.6. The predicted octanol–water partition coefficient (Wildman–Crippen LogP) is 12.6. The predicted molar refractivity (Wildman–Crippen MR) is 288 cm³/mol. The second-order valence-corrected chi connectivity index (χ2v) is 18.2. The van der Waals surface area contributed by atoms with Gasteiger partial charge in [-0.2, -0.15) is 0 Å². The summed E-state index contributed by atoms with van der Waals surface area (Å²) in [6.07, 6.45) is 7.27. The molecule has 0 atom stereocenters. The summed E-state index contributed by atoms with van der Waals surface area (Å²) in [5, 5.41) is 4.51. The highest BCUT2D eigenvalue weighted by Gasteiger charge is 2.21. The van der Waals surface area contributed by atoms with Crippen molar-refractivity contribution in [2.45, 2.75) is 0 Å². The third-order valence-electron chi connectivity index (χ3n) is 12.8. The first-order chi connectivity index (χ1) is 34.0. The fraction of sp³-hybridized carbons (Fsp3) is 0.138. The Morgan fingerprint density at radius 3 is 1.17 bits per heavy atom. The average molecular weight is 921 g/mol. The number of ether oxygens (including phenoxy) is 2. The molecule has 12 nitrogen and oxygen atoms in total. The zero-order valence-electron chi connectivity index (χ0n) is 40.5. The summed E-state index contributed by atoms with van der Waals surface area (Å²) in [7, 11) is 16.4. The van der Waals surface area contributed by atoms with Gasteiger partial charge in [0.1, 0.15) is 23.1 Å². The molecular formula is C58H52N10O2. The van der Waals surface area contributed by atoms with Crippen LogP contribution in [-0.4, -0.2) is 85.5 Å². The molecule has 11 aromatic rings. The maximum atomic E-state index is 6.79. The van der Waals surface area contributed by atoms with Gasteiger partial charge < -0.3 is 29.1 Å². The minimum absolute atomic E-state index is 0.681. The molecule has 0 amide bonds. The summed E-state index contributed by atoms with van der Waals surface area (Å²) in [5.74, 6) is 4.48. The van der Waals surface area contributed by atoms with Crippen molar-refractivity contribution in [2.75, 3.05) is 76.0 Å². The van der Waals surface area contributed by atoms with Crippen molar-refractivity contribution >= 4 is 66.4 Å². The Morgan fingerprint density at radius 1 is 0.371 bits per heavy atom. The summed E-state index contributed by atoms with van der Waals surface area (Å²) in [5.41, 5.74) is 11.5. The molecule has 0 spiro atoms. The quantitative estimate of drug-likeness (QED) is 0.118. The van der Waals surface area contributed by atoms with E-state index >= 15 is 0 Å². The third kappa shape index (κ3) is 7.88. The molecule has 12 heteroatoms. The number of benzene rings is 6. The van der Waals surface area contributed by atoms with Gasteiger partial charge >= 0.3 is 0 Å². The smallest absolute Gasteiger partial charge is 0.152 e. The normalized spacial score (nSPS) is 11.4. The fourth-order valence-electron chi connectivity index (χ4n) is 9.25. The standard InChI is InChI=1S/C58H52N10O2/c1-63(2)39-21-23-49-43(29-39)45-31-53(65(5)6)55(33-51(45)67(49)57-19-9-11-25-59-57)69-41-17-13-15-37(27-41)47-35-62-48(36-61-47)38-16-14-18-42(28-38)70-56-34-52-46(32-54(56)66(7)8)44-30-40(64(3)4)22-24-50(44)68(52)58-20-10-12-26-60-58/h9-36H,1-8H3. The molecule has 0 aliphatic carbocycles. The number of anilines is 4. The maximum absolute atomic E-state index is 6.79. The molecule has 0 N–H and O–H groups in total. The van der Waals surface area contributed by atoms with Gasteiger partial charge in [0, 0.05) is 125 Å². The summed E-state index contributed by atoms with van der Waals surface area (Å²) >= 11 is 0. The molecule has 346 valence electrons. The van der Waals surface area contributed by atoms with Crippen LogP contribution in [0.15, 0.2) is 170 Å². The van der Waals surface area contributed by atoms with Gasteiger partial charge in [-0.1, -0.05) is 36.4 Å². The van der Waals surface area contributed by atoms with Gasteiger partial charge in [-0.05, 0) is 97.1 Å². The van der Waals surface area contributed by atoms with E-state index in [0.717, 1.165) is 112 Å². The first-order valence-corrected chi connectivity index (χ1v) is 23.1. The van der Waals surface area contributed by atoms with Crippen LogP contribution in [0.5, 0.6) is 23.0 Å². The van der Waals surface area contributed by atoms with Gasteiger partial charge in [-0.15, -0.1) is 0 Å². The lowest BCUT2D eigenvalue weighted by atomic mass is 10.1. The van der Waals surface area contributed by atoms with Gasteiger partial charge in [0.25, 0.3) is 0 Å². The Labute approximate surface area is 406 Å². The molecule has 0 saturated heterocycles. The van der Waals surface area contributed by atoms with Gasteiger partial charge in [0.15, 0.2) is 11.5 Å². The maximum Gasteiger partial charge on any atom is 0.152 e. The van der Waals surface area contributed by atoms with Gasteiger partial charge in [-0.3, -0.25) is 19.1 Å². The number of nitrogens with zero attached hydrogens (tertiary/aromatic N) is 10. The highest BCUT2D eigenvalue weighted by molar-refractivity contribution is 6.13. The summed E-state index contributed by atoms with van der Waals surface area (Å²) in [6, 6.07) is 49.7. The molecule has 0 saturated carbocycles. The molecular weight excluding hydrogens is 869 g/mol. The second-order valence-electron chi connectivity index (χ2n) is 18.2. The van der Waals surface area contributed by atoms with Crippen molar-refractivity contribution in [1.82, 2.24) is 29.1 Å². The Morgan fingerprint density at radius 2 is 0.800 bits per heavy atom. The minimum Gasteiger partial charge on any atom is -0.455 e. The fourth-order valence-corrected chi connectivity index (χ4v) is 9.25. The molecule has 0 fully saturated rings. The van der Waals surface area contributed by atoms with Crippen LogP contribution in [0.25, 0.3) is 77.8 Å². The molecule has 0 aliphatic rings. The number of hydrogen-bond donors (Lipinski definition) is 0. The molecule has 5 aromatic heterocycles. The van der Waals surface area contributed by atoms with Crippen LogP contribution in [0, 0.1) is 0 Å². The van der Waals surface area contributed by atoms with Gasteiger partial charge in [0.05, 0.1) is 57.2 Å². The van der Waals surface area contributed by atoms with E-state index in [9.17, 15) is 0 Å². The summed E-state index contributed by atoms with van der Waals surface area (Å²) in [6.45, 7) is 0. The van der Waals surface area contributed by atoms with E-state index in [4.69, 9.17) is 29.4 Å². The van der Waals surface area contributed by atoms with E-state index in [1.54, 1.807) is 0 Å². The number of pyridine rings is 2. The van der Waals surface area contributed by atoms with E-state index in [1.165, 1.54) is 0 Å².